The minimum Gasteiger partial charge on any atom is -0.380 e. The highest BCUT2D eigenvalue weighted by atomic mass is 35.5. The van der Waals surface area contributed by atoms with Crippen molar-refractivity contribution in [2.45, 2.75) is 12.5 Å². The lowest BCUT2D eigenvalue weighted by Crippen LogP contribution is -2.35. The Labute approximate surface area is 127 Å². The number of rotatable bonds is 3. The van der Waals surface area contributed by atoms with E-state index in [4.69, 9.17) is 32.7 Å². The zero-order chi connectivity index (χ0) is 14.3. The molecule has 1 N–H and O–H groups in total. The minimum absolute atomic E-state index is 0.167. The van der Waals surface area contributed by atoms with E-state index >= 15 is 0 Å². The van der Waals surface area contributed by atoms with Crippen LogP contribution in [0.1, 0.15) is 27.6 Å². The average molecular weight is 316 g/mol. The topological polar surface area (TPSA) is 47.6 Å². The second-order valence-corrected chi connectivity index (χ2v) is 5.86. The fourth-order valence-corrected chi connectivity index (χ4v) is 3.43. The molecule has 1 saturated heterocycles. The molecule has 2 heterocycles. The number of hydrogen-bond donors (Lipinski definition) is 1. The standard InChI is InChI=1S/C14H15Cl2NO3/c1-19-13(7-5-20-6-7)9-4-10(15)8-2-3-17-14(18)11(8)12(9)16/h4,7,13H,2-3,5-6H2,1H3,(H,17,18). The van der Waals surface area contributed by atoms with E-state index in [-0.39, 0.29) is 17.9 Å². The molecule has 0 aromatic heterocycles. The van der Waals surface area contributed by atoms with Gasteiger partial charge < -0.3 is 14.8 Å². The summed E-state index contributed by atoms with van der Waals surface area (Å²) < 4.78 is 10.8. The molecule has 1 unspecified atom stereocenters. The van der Waals surface area contributed by atoms with Crippen LogP contribution >= 0.6 is 23.2 Å². The number of ether oxygens (including phenoxy) is 2. The van der Waals surface area contributed by atoms with Crippen molar-refractivity contribution in [2.75, 3.05) is 26.9 Å². The van der Waals surface area contributed by atoms with Crippen LogP contribution in [0.5, 0.6) is 0 Å². The van der Waals surface area contributed by atoms with E-state index in [1.807, 2.05) is 6.07 Å². The number of fused-ring (bicyclic) bond motifs is 1. The Bertz CT molecular complexity index is 558. The van der Waals surface area contributed by atoms with E-state index in [1.165, 1.54) is 0 Å². The van der Waals surface area contributed by atoms with Crippen LogP contribution in [0.3, 0.4) is 0 Å². The van der Waals surface area contributed by atoms with E-state index in [2.05, 4.69) is 5.32 Å². The van der Waals surface area contributed by atoms with Crippen LogP contribution in [0, 0.1) is 5.92 Å². The molecule has 1 atom stereocenters. The third-order valence-corrected chi connectivity index (χ3v) is 4.63. The largest absolute Gasteiger partial charge is 0.380 e. The molecule has 0 bridgehead atoms. The van der Waals surface area contributed by atoms with Crippen LogP contribution in [0.4, 0.5) is 0 Å². The van der Waals surface area contributed by atoms with Gasteiger partial charge in [0.05, 0.1) is 29.9 Å². The number of carbonyl (C=O) groups is 1. The van der Waals surface area contributed by atoms with Gasteiger partial charge in [-0.2, -0.15) is 0 Å². The first-order valence-electron chi connectivity index (χ1n) is 6.53. The highest BCUT2D eigenvalue weighted by molar-refractivity contribution is 6.37. The second kappa shape index (κ2) is 5.53. The van der Waals surface area contributed by atoms with E-state index in [9.17, 15) is 4.79 Å². The zero-order valence-electron chi connectivity index (χ0n) is 11.0. The Morgan fingerprint density at radius 2 is 2.20 bits per heavy atom. The van der Waals surface area contributed by atoms with Crippen molar-refractivity contribution < 1.29 is 14.3 Å². The summed E-state index contributed by atoms with van der Waals surface area (Å²) in [4.78, 5) is 12.1. The molecule has 4 nitrogen and oxygen atoms in total. The fourth-order valence-electron chi connectivity index (χ4n) is 2.76. The molecular weight excluding hydrogens is 301 g/mol. The number of hydrogen-bond acceptors (Lipinski definition) is 3. The summed E-state index contributed by atoms with van der Waals surface area (Å²) in [6, 6.07) is 1.83. The summed E-state index contributed by atoms with van der Waals surface area (Å²) in [6.07, 6.45) is 0.498. The summed E-state index contributed by atoms with van der Waals surface area (Å²) in [5.74, 6) is 0.0815. The predicted octanol–water partition coefficient (Wildman–Crippen LogP) is 2.61. The molecule has 3 rings (SSSR count). The van der Waals surface area contributed by atoms with E-state index in [1.54, 1.807) is 7.11 Å². The number of nitrogens with one attached hydrogen (secondary N) is 1. The molecular formula is C14H15Cl2NO3. The van der Waals surface area contributed by atoms with Crippen molar-refractivity contribution in [1.29, 1.82) is 0 Å². The minimum atomic E-state index is -0.200. The smallest absolute Gasteiger partial charge is 0.253 e. The van der Waals surface area contributed by atoms with Gasteiger partial charge in [0.15, 0.2) is 0 Å². The molecule has 1 fully saturated rings. The first kappa shape index (κ1) is 14.1. The lowest BCUT2D eigenvalue weighted by Gasteiger charge is -2.34. The maximum absolute atomic E-state index is 12.1. The molecule has 6 heteroatoms. The van der Waals surface area contributed by atoms with Crippen molar-refractivity contribution in [3.05, 3.63) is 32.8 Å². The molecule has 0 aliphatic carbocycles. The Kier molecular flexibility index (Phi) is 3.91. The van der Waals surface area contributed by atoms with E-state index in [0.717, 1.165) is 11.1 Å². The summed E-state index contributed by atoms with van der Waals surface area (Å²) in [7, 11) is 1.63. The summed E-state index contributed by atoms with van der Waals surface area (Å²) in [6.45, 7) is 1.86. The molecule has 1 amide bonds. The van der Waals surface area contributed by atoms with Gasteiger partial charge in [0, 0.05) is 30.2 Å². The van der Waals surface area contributed by atoms with Gasteiger partial charge in [-0.3, -0.25) is 4.79 Å². The lowest BCUT2D eigenvalue weighted by molar-refractivity contribution is -0.105. The van der Waals surface area contributed by atoms with Gasteiger partial charge >= 0.3 is 0 Å². The number of carbonyl (C=O) groups excluding carboxylic acids is 1. The van der Waals surface area contributed by atoms with Crippen LogP contribution in [0.15, 0.2) is 6.07 Å². The van der Waals surface area contributed by atoms with Gasteiger partial charge in [-0.25, -0.2) is 0 Å². The third-order valence-electron chi connectivity index (χ3n) is 3.89. The maximum atomic E-state index is 12.1. The van der Waals surface area contributed by atoms with Gasteiger partial charge in [0.1, 0.15) is 0 Å². The van der Waals surface area contributed by atoms with Crippen LogP contribution in [-0.2, 0) is 15.9 Å². The van der Waals surface area contributed by atoms with Gasteiger partial charge in [-0.05, 0) is 18.1 Å². The first-order chi connectivity index (χ1) is 9.63. The van der Waals surface area contributed by atoms with E-state index < -0.39 is 0 Å². The number of methoxy groups -OCH3 is 1. The second-order valence-electron chi connectivity index (χ2n) is 5.07. The van der Waals surface area contributed by atoms with Gasteiger partial charge in [-0.15, -0.1) is 0 Å². The van der Waals surface area contributed by atoms with Gasteiger partial charge in [0.2, 0.25) is 0 Å². The Hall–Kier alpha value is -0.810. The number of halogens is 2. The predicted molar refractivity (Wildman–Crippen MR) is 76.6 cm³/mol. The SMILES string of the molecule is COC(c1cc(Cl)c2c(c1Cl)C(=O)NCC2)C1COC1. The lowest BCUT2D eigenvalue weighted by atomic mass is 9.89. The van der Waals surface area contributed by atoms with Crippen molar-refractivity contribution in [3.8, 4) is 0 Å². The molecule has 1 aromatic carbocycles. The Balaban J connectivity index is 2.09. The molecule has 0 saturated carbocycles. The molecule has 2 aliphatic heterocycles. The highest BCUT2D eigenvalue weighted by Crippen LogP contribution is 2.40. The quantitative estimate of drug-likeness (QED) is 0.932. The third kappa shape index (κ3) is 2.21. The average Bonchev–Trinajstić information content (AvgIpc) is 2.38. The Morgan fingerprint density at radius 3 is 2.80 bits per heavy atom. The highest BCUT2D eigenvalue weighted by Gasteiger charge is 2.34. The molecule has 1 aromatic rings. The molecule has 2 aliphatic rings. The summed E-state index contributed by atoms with van der Waals surface area (Å²) in [5.41, 5.74) is 2.08. The zero-order valence-corrected chi connectivity index (χ0v) is 12.6. The Morgan fingerprint density at radius 1 is 1.45 bits per heavy atom. The summed E-state index contributed by atoms with van der Waals surface area (Å²) >= 11 is 12.8. The molecule has 108 valence electrons. The monoisotopic (exact) mass is 315 g/mol. The number of amides is 1. The van der Waals surface area contributed by atoms with Crippen molar-refractivity contribution in [3.63, 3.8) is 0 Å². The maximum Gasteiger partial charge on any atom is 0.253 e. The molecule has 0 radical (unpaired) electrons. The van der Waals surface area contributed by atoms with Crippen LogP contribution in [0.2, 0.25) is 10.0 Å². The first-order valence-corrected chi connectivity index (χ1v) is 7.28. The van der Waals surface area contributed by atoms with Gasteiger partial charge in [-0.1, -0.05) is 23.2 Å². The molecule has 20 heavy (non-hydrogen) atoms. The van der Waals surface area contributed by atoms with Crippen LogP contribution < -0.4 is 5.32 Å². The fraction of sp³-hybridized carbons (Fsp3) is 0.500. The van der Waals surface area contributed by atoms with Crippen molar-refractivity contribution >= 4 is 29.1 Å². The van der Waals surface area contributed by atoms with Crippen molar-refractivity contribution in [2.24, 2.45) is 5.92 Å². The van der Waals surface area contributed by atoms with Crippen molar-refractivity contribution in [1.82, 2.24) is 5.32 Å². The molecule has 0 spiro atoms. The van der Waals surface area contributed by atoms with Gasteiger partial charge in [0.25, 0.3) is 5.91 Å². The van der Waals surface area contributed by atoms with E-state index in [0.29, 0.717) is 41.8 Å². The number of benzene rings is 1. The summed E-state index contributed by atoms with van der Waals surface area (Å²) in [5, 5.41) is 3.82. The van der Waals surface area contributed by atoms with Crippen LogP contribution in [0.25, 0.3) is 0 Å². The van der Waals surface area contributed by atoms with Crippen LogP contribution in [-0.4, -0.2) is 32.8 Å². The normalized spacial score (nSPS) is 20.1.